The zero-order valence-corrected chi connectivity index (χ0v) is 11.4. The van der Waals surface area contributed by atoms with Gasteiger partial charge in [0.1, 0.15) is 5.60 Å². The minimum Gasteiger partial charge on any atom is -0.465 e. The Labute approximate surface area is 117 Å². The molecular formula is C16H17NO3. The molecule has 2 heterocycles. The van der Waals surface area contributed by atoms with Gasteiger partial charge in [0.15, 0.2) is 5.92 Å². The summed E-state index contributed by atoms with van der Waals surface area (Å²) in [5, 5.41) is 9.63. The van der Waals surface area contributed by atoms with Gasteiger partial charge in [-0.1, -0.05) is 0 Å². The van der Waals surface area contributed by atoms with Crippen LogP contribution in [0.3, 0.4) is 0 Å². The molecule has 4 bridgehead atoms. The number of hydrogen-bond acceptors (Lipinski definition) is 4. The third-order valence-electron chi connectivity index (χ3n) is 7.87. The normalized spacial score (nSPS) is 65.7. The van der Waals surface area contributed by atoms with Crippen molar-refractivity contribution in [3.8, 4) is 6.07 Å². The molecule has 2 aliphatic heterocycles. The lowest BCUT2D eigenvalue weighted by Crippen LogP contribution is -2.54. The molecule has 4 nitrogen and oxygen atoms in total. The zero-order chi connectivity index (χ0) is 13.4. The molecule has 2 saturated heterocycles. The van der Waals surface area contributed by atoms with Crippen molar-refractivity contribution in [2.24, 2.45) is 53.3 Å². The molecule has 7 aliphatic rings. The summed E-state index contributed by atoms with van der Waals surface area (Å²) in [6.45, 7) is 2.15. The Morgan fingerprint density at radius 2 is 2.20 bits per heavy atom. The highest BCUT2D eigenvalue weighted by Crippen LogP contribution is 2.91. The van der Waals surface area contributed by atoms with Crippen molar-refractivity contribution in [3.63, 3.8) is 0 Å². The Morgan fingerprint density at radius 3 is 2.95 bits per heavy atom. The van der Waals surface area contributed by atoms with Crippen LogP contribution in [0.15, 0.2) is 0 Å². The molecule has 0 radical (unpaired) electrons. The van der Waals surface area contributed by atoms with E-state index >= 15 is 0 Å². The van der Waals surface area contributed by atoms with E-state index < -0.39 is 11.5 Å². The van der Waals surface area contributed by atoms with Crippen LogP contribution >= 0.6 is 0 Å². The molecule has 0 aromatic heterocycles. The van der Waals surface area contributed by atoms with Gasteiger partial charge in [-0.2, -0.15) is 5.26 Å². The van der Waals surface area contributed by atoms with E-state index in [1.165, 1.54) is 6.42 Å². The fraction of sp³-hybridized carbons (Fsp3) is 0.875. The summed E-state index contributed by atoms with van der Waals surface area (Å²) in [5.74, 6) is 4.51. The maximum absolute atomic E-state index is 12.3. The molecule has 0 aromatic rings. The van der Waals surface area contributed by atoms with E-state index in [-0.39, 0.29) is 5.97 Å². The van der Waals surface area contributed by atoms with Crippen molar-refractivity contribution in [3.05, 3.63) is 0 Å². The van der Waals surface area contributed by atoms with Crippen molar-refractivity contribution in [1.82, 2.24) is 0 Å². The largest absolute Gasteiger partial charge is 0.465 e. The number of ether oxygens (including phenoxy) is 2. The van der Waals surface area contributed by atoms with Gasteiger partial charge in [0.05, 0.1) is 18.8 Å². The van der Waals surface area contributed by atoms with Crippen LogP contribution in [0.5, 0.6) is 0 Å². The number of esters is 1. The van der Waals surface area contributed by atoms with Gasteiger partial charge in [0, 0.05) is 0 Å². The highest BCUT2D eigenvalue weighted by Gasteiger charge is 2.94. The van der Waals surface area contributed by atoms with E-state index in [1.807, 2.05) is 0 Å². The molecule has 0 aromatic carbocycles. The van der Waals surface area contributed by atoms with Crippen LogP contribution in [0, 0.1) is 64.6 Å². The molecule has 10 unspecified atom stereocenters. The summed E-state index contributed by atoms with van der Waals surface area (Å²) in [6, 6.07) is 2.27. The average molecular weight is 271 g/mol. The Balaban J connectivity index is 1.51. The van der Waals surface area contributed by atoms with E-state index in [2.05, 4.69) is 6.07 Å². The number of carbonyl (C=O) groups excluding carboxylic acids is 1. The zero-order valence-electron chi connectivity index (χ0n) is 11.4. The first kappa shape index (κ1) is 10.6. The van der Waals surface area contributed by atoms with Gasteiger partial charge >= 0.3 is 5.97 Å². The molecule has 20 heavy (non-hydrogen) atoms. The lowest BCUT2D eigenvalue weighted by Gasteiger charge is -2.46. The standard InChI is InChI=1S/C16H17NO3/c1-2-19-15(18)7(4-17)16-12-6-3-5-8-9(6)13(16)11(8)14(20-16)10(5)12/h5-14H,2-3H2,1H3/t5-,6?,7?,8?,9?,10?,11?,12?,13?,14?,16?/m1/s1. The molecule has 4 heteroatoms. The van der Waals surface area contributed by atoms with Crippen LogP contribution in [0.2, 0.25) is 0 Å². The number of nitrogens with zero attached hydrogens (tertiary/aromatic N) is 1. The van der Waals surface area contributed by atoms with Crippen molar-refractivity contribution >= 4 is 5.97 Å². The van der Waals surface area contributed by atoms with E-state index in [0.717, 1.165) is 23.7 Å². The monoisotopic (exact) mass is 271 g/mol. The molecule has 5 aliphatic carbocycles. The maximum atomic E-state index is 12.3. The lowest BCUT2D eigenvalue weighted by molar-refractivity contribution is -0.158. The predicted molar refractivity (Wildman–Crippen MR) is 65.9 cm³/mol. The molecule has 5 saturated carbocycles. The minimum absolute atomic E-state index is 0.344. The molecule has 7 rings (SSSR count). The van der Waals surface area contributed by atoms with Gasteiger partial charge in [-0.15, -0.1) is 0 Å². The van der Waals surface area contributed by atoms with Crippen LogP contribution in [-0.2, 0) is 14.3 Å². The lowest BCUT2D eigenvalue weighted by atomic mass is 9.55. The molecule has 0 spiro atoms. The average Bonchev–Trinajstić information content (AvgIpc) is 3.02. The number of hydrogen-bond donors (Lipinski definition) is 0. The van der Waals surface area contributed by atoms with Gasteiger partial charge < -0.3 is 9.47 Å². The van der Waals surface area contributed by atoms with Crippen molar-refractivity contribution in [2.75, 3.05) is 6.61 Å². The Bertz CT molecular complexity index is 587. The van der Waals surface area contributed by atoms with Crippen LogP contribution in [0.1, 0.15) is 13.3 Å². The second-order valence-corrected chi connectivity index (χ2v) is 7.67. The van der Waals surface area contributed by atoms with Crippen LogP contribution in [-0.4, -0.2) is 24.3 Å². The predicted octanol–water partition coefficient (Wildman–Crippen LogP) is 1.21. The summed E-state index contributed by atoms with van der Waals surface area (Å²) in [7, 11) is 0. The second-order valence-electron chi connectivity index (χ2n) is 7.67. The summed E-state index contributed by atoms with van der Waals surface area (Å²) < 4.78 is 11.6. The van der Waals surface area contributed by atoms with E-state index in [4.69, 9.17) is 9.47 Å². The molecule has 11 atom stereocenters. The summed E-state index contributed by atoms with van der Waals surface area (Å²) in [4.78, 5) is 12.3. The quantitative estimate of drug-likeness (QED) is 0.724. The second kappa shape index (κ2) is 2.78. The Morgan fingerprint density at radius 1 is 1.35 bits per heavy atom. The minimum atomic E-state index is -0.694. The van der Waals surface area contributed by atoms with Crippen molar-refractivity contribution in [1.29, 1.82) is 5.26 Å². The summed E-state index contributed by atoms with van der Waals surface area (Å²) in [5.41, 5.74) is -0.460. The Hall–Kier alpha value is -1.08. The molecule has 7 fully saturated rings. The summed E-state index contributed by atoms with van der Waals surface area (Å²) in [6.07, 6.45) is 1.72. The molecule has 104 valence electrons. The summed E-state index contributed by atoms with van der Waals surface area (Å²) >= 11 is 0. The van der Waals surface area contributed by atoms with Crippen LogP contribution in [0.25, 0.3) is 0 Å². The van der Waals surface area contributed by atoms with E-state index in [1.54, 1.807) is 6.92 Å². The molecule has 0 amide bonds. The van der Waals surface area contributed by atoms with E-state index in [0.29, 0.717) is 36.4 Å². The van der Waals surface area contributed by atoms with Gasteiger partial charge in [0.2, 0.25) is 0 Å². The fourth-order valence-corrected chi connectivity index (χ4v) is 8.10. The number of carbonyl (C=O) groups is 1. The van der Waals surface area contributed by atoms with Crippen LogP contribution < -0.4 is 0 Å². The smallest absolute Gasteiger partial charge is 0.326 e. The van der Waals surface area contributed by atoms with E-state index in [9.17, 15) is 10.1 Å². The number of nitriles is 1. The first-order chi connectivity index (χ1) is 9.75. The van der Waals surface area contributed by atoms with Crippen LogP contribution in [0.4, 0.5) is 0 Å². The van der Waals surface area contributed by atoms with Gasteiger partial charge in [0.25, 0.3) is 0 Å². The van der Waals surface area contributed by atoms with Gasteiger partial charge in [-0.3, -0.25) is 4.79 Å². The molecular weight excluding hydrogens is 254 g/mol. The third kappa shape index (κ3) is 0.689. The highest BCUT2D eigenvalue weighted by molar-refractivity contribution is 5.78. The highest BCUT2D eigenvalue weighted by atomic mass is 16.6. The van der Waals surface area contributed by atoms with Gasteiger partial charge in [-0.25, -0.2) is 0 Å². The number of rotatable bonds is 3. The first-order valence-electron chi connectivity index (χ1n) is 7.99. The van der Waals surface area contributed by atoms with Gasteiger partial charge in [-0.05, 0) is 60.7 Å². The van der Waals surface area contributed by atoms with Crippen molar-refractivity contribution < 1.29 is 14.3 Å². The maximum Gasteiger partial charge on any atom is 0.326 e. The topological polar surface area (TPSA) is 59.3 Å². The SMILES string of the molecule is CCOC(=O)C(C#N)C12OC3C4C5C(C6C[C@H]5C3C61)C42. The van der Waals surface area contributed by atoms with Crippen molar-refractivity contribution in [2.45, 2.75) is 25.0 Å². The molecule has 0 N–H and O–H groups in total. The third-order valence-corrected chi connectivity index (χ3v) is 7.87. The first-order valence-corrected chi connectivity index (χ1v) is 7.99. The Kier molecular flexibility index (Phi) is 1.48. The fourth-order valence-electron chi connectivity index (χ4n) is 8.10.